The number of benzene rings is 2. The maximum Gasteiger partial charge on any atom is 0.417 e. The Morgan fingerprint density at radius 2 is 1.82 bits per heavy atom. The van der Waals surface area contributed by atoms with Gasteiger partial charge in [0.15, 0.2) is 0 Å². The minimum absolute atomic E-state index is 0.0137. The van der Waals surface area contributed by atoms with Gasteiger partial charge in [-0.25, -0.2) is 9.69 Å². The van der Waals surface area contributed by atoms with Crippen molar-refractivity contribution in [1.82, 2.24) is 4.90 Å². The van der Waals surface area contributed by atoms with Gasteiger partial charge in [0.05, 0.1) is 4.92 Å². The quantitative estimate of drug-likeness (QED) is 0.626. The molecule has 1 saturated heterocycles. The first-order chi connectivity index (χ1) is 13.5. The second kappa shape index (κ2) is 8.30. The lowest BCUT2D eigenvalue weighted by atomic mass is 10.2. The Kier molecular flexibility index (Phi) is 5.64. The molecule has 0 unspecified atom stereocenters. The van der Waals surface area contributed by atoms with Crippen LogP contribution in [-0.2, 0) is 20.9 Å². The number of likely N-dealkylation sites (tertiary alicyclic amines) is 1. The standard InChI is InChI=1S/C19H17N3O6/c23-17-11-10-16(18(24)20-14-6-8-15(9-7-14)22(26)27)21(17)19(25)28-12-13-4-2-1-3-5-13/h1-9,16H,10-12H2,(H,20,24)/t16-/m0/s1. The van der Waals surface area contributed by atoms with Crippen molar-refractivity contribution in [2.75, 3.05) is 5.32 Å². The fourth-order valence-electron chi connectivity index (χ4n) is 2.84. The first-order valence-electron chi connectivity index (χ1n) is 8.54. The molecule has 1 heterocycles. The highest BCUT2D eigenvalue weighted by atomic mass is 16.6. The van der Waals surface area contributed by atoms with E-state index in [-0.39, 0.29) is 25.1 Å². The SMILES string of the molecule is O=C(Nc1ccc([N+](=O)[O-])cc1)[C@@H]1CCC(=O)N1C(=O)OCc1ccccc1. The number of imide groups is 1. The Morgan fingerprint density at radius 3 is 2.46 bits per heavy atom. The fraction of sp³-hybridized carbons (Fsp3) is 0.211. The molecule has 2 aromatic carbocycles. The number of nitro benzene ring substituents is 1. The van der Waals surface area contributed by atoms with Crippen LogP contribution in [0, 0.1) is 10.1 Å². The summed E-state index contributed by atoms with van der Waals surface area (Å²) in [7, 11) is 0. The normalized spacial score (nSPS) is 15.9. The Bertz CT molecular complexity index is 898. The van der Waals surface area contributed by atoms with Gasteiger partial charge in [0.25, 0.3) is 5.69 Å². The van der Waals surface area contributed by atoms with Crippen LogP contribution in [0.15, 0.2) is 54.6 Å². The minimum Gasteiger partial charge on any atom is -0.444 e. The number of amides is 3. The number of carbonyl (C=O) groups is 3. The predicted octanol–water partition coefficient (Wildman–Crippen LogP) is 2.86. The van der Waals surface area contributed by atoms with Crippen molar-refractivity contribution < 1.29 is 24.0 Å². The van der Waals surface area contributed by atoms with Crippen molar-refractivity contribution in [3.8, 4) is 0 Å². The zero-order chi connectivity index (χ0) is 20.1. The highest BCUT2D eigenvalue weighted by molar-refractivity contribution is 6.04. The van der Waals surface area contributed by atoms with E-state index in [2.05, 4.69) is 5.32 Å². The van der Waals surface area contributed by atoms with Crippen LogP contribution in [0.5, 0.6) is 0 Å². The second-order valence-corrected chi connectivity index (χ2v) is 6.15. The lowest BCUT2D eigenvalue weighted by Crippen LogP contribution is -2.45. The predicted molar refractivity (Wildman–Crippen MR) is 98.2 cm³/mol. The third kappa shape index (κ3) is 4.32. The van der Waals surface area contributed by atoms with Crippen LogP contribution in [0.1, 0.15) is 18.4 Å². The van der Waals surface area contributed by atoms with E-state index >= 15 is 0 Å². The molecule has 9 heteroatoms. The number of hydrogen-bond donors (Lipinski definition) is 1. The number of nitro groups is 1. The Morgan fingerprint density at radius 1 is 1.14 bits per heavy atom. The third-order valence-corrected chi connectivity index (χ3v) is 4.26. The molecule has 0 saturated carbocycles. The van der Waals surface area contributed by atoms with Gasteiger partial charge in [0, 0.05) is 24.2 Å². The molecule has 1 aliphatic heterocycles. The van der Waals surface area contributed by atoms with Crippen LogP contribution in [0.25, 0.3) is 0 Å². The molecule has 1 atom stereocenters. The molecule has 3 amide bonds. The van der Waals surface area contributed by atoms with Gasteiger partial charge >= 0.3 is 6.09 Å². The number of rotatable bonds is 5. The fourth-order valence-corrected chi connectivity index (χ4v) is 2.84. The van der Waals surface area contributed by atoms with Crippen LogP contribution >= 0.6 is 0 Å². The van der Waals surface area contributed by atoms with Crippen molar-refractivity contribution in [3.63, 3.8) is 0 Å². The zero-order valence-electron chi connectivity index (χ0n) is 14.7. The number of carbonyl (C=O) groups excluding carboxylic acids is 3. The molecule has 28 heavy (non-hydrogen) atoms. The van der Waals surface area contributed by atoms with Gasteiger partial charge in [-0.05, 0) is 24.1 Å². The number of nitrogens with one attached hydrogen (secondary N) is 1. The van der Waals surface area contributed by atoms with Crippen LogP contribution in [0.2, 0.25) is 0 Å². The Labute approximate surface area is 160 Å². The molecule has 1 fully saturated rings. The van der Waals surface area contributed by atoms with E-state index in [1.165, 1.54) is 24.3 Å². The zero-order valence-corrected chi connectivity index (χ0v) is 14.7. The van der Waals surface area contributed by atoms with Gasteiger partial charge < -0.3 is 10.1 Å². The molecule has 1 N–H and O–H groups in total. The Balaban J connectivity index is 1.64. The van der Waals surface area contributed by atoms with Crippen molar-refractivity contribution in [2.45, 2.75) is 25.5 Å². The van der Waals surface area contributed by atoms with Crippen LogP contribution in [0.3, 0.4) is 0 Å². The van der Waals surface area contributed by atoms with E-state index < -0.39 is 28.9 Å². The summed E-state index contributed by atoms with van der Waals surface area (Å²) in [6, 6.07) is 13.2. The average molecular weight is 383 g/mol. The van der Waals surface area contributed by atoms with E-state index in [0.717, 1.165) is 10.5 Å². The molecule has 0 spiro atoms. The smallest absolute Gasteiger partial charge is 0.417 e. The molecule has 0 aromatic heterocycles. The summed E-state index contributed by atoms with van der Waals surface area (Å²) < 4.78 is 5.17. The topological polar surface area (TPSA) is 119 Å². The number of non-ortho nitro benzene ring substituents is 1. The van der Waals surface area contributed by atoms with Crippen LogP contribution < -0.4 is 5.32 Å². The van der Waals surface area contributed by atoms with E-state index in [0.29, 0.717) is 5.69 Å². The van der Waals surface area contributed by atoms with Gasteiger partial charge in [-0.2, -0.15) is 0 Å². The molecule has 0 radical (unpaired) electrons. The van der Waals surface area contributed by atoms with Crippen LogP contribution in [0.4, 0.5) is 16.2 Å². The van der Waals surface area contributed by atoms with Gasteiger partial charge in [0.2, 0.25) is 11.8 Å². The molecule has 3 rings (SSSR count). The maximum absolute atomic E-state index is 12.5. The van der Waals surface area contributed by atoms with E-state index in [1.54, 1.807) is 24.3 Å². The maximum atomic E-state index is 12.5. The van der Waals surface area contributed by atoms with E-state index in [4.69, 9.17) is 4.74 Å². The monoisotopic (exact) mass is 383 g/mol. The number of nitrogens with zero attached hydrogens (tertiary/aromatic N) is 2. The van der Waals surface area contributed by atoms with Crippen LogP contribution in [-0.4, -0.2) is 33.8 Å². The van der Waals surface area contributed by atoms with Crippen molar-refractivity contribution in [3.05, 3.63) is 70.3 Å². The summed E-state index contributed by atoms with van der Waals surface area (Å²) in [6.45, 7) is -0.0137. The summed E-state index contributed by atoms with van der Waals surface area (Å²) in [5, 5.41) is 13.3. The first-order valence-corrected chi connectivity index (χ1v) is 8.54. The van der Waals surface area contributed by atoms with Gasteiger partial charge in [-0.3, -0.25) is 19.7 Å². The molecule has 144 valence electrons. The molecule has 9 nitrogen and oxygen atoms in total. The molecular formula is C19H17N3O6. The Hall–Kier alpha value is -3.75. The minimum atomic E-state index is -0.994. The summed E-state index contributed by atoms with van der Waals surface area (Å²) in [4.78, 5) is 47.9. The summed E-state index contributed by atoms with van der Waals surface area (Å²) >= 11 is 0. The van der Waals surface area contributed by atoms with Gasteiger partial charge in [-0.15, -0.1) is 0 Å². The third-order valence-electron chi connectivity index (χ3n) is 4.26. The molecule has 0 bridgehead atoms. The van der Waals surface area contributed by atoms with E-state index in [9.17, 15) is 24.5 Å². The molecule has 2 aromatic rings. The number of hydrogen-bond acceptors (Lipinski definition) is 6. The number of ether oxygens (including phenoxy) is 1. The molecule has 1 aliphatic rings. The first kappa shape index (κ1) is 19.0. The summed E-state index contributed by atoms with van der Waals surface area (Å²) in [5.41, 5.74) is 0.974. The van der Waals surface area contributed by atoms with Gasteiger partial charge in [0.1, 0.15) is 12.6 Å². The number of anilines is 1. The highest BCUT2D eigenvalue weighted by Crippen LogP contribution is 2.23. The molecule has 0 aliphatic carbocycles. The van der Waals surface area contributed by atoms with Crippen molar-refractivity contribution in [2.24, 2.45) is 0 Å². The van der Waals surface area contributed by atoms with Crippen molar-refractivity contribution >= 4 is 29.3 Å². The second-order valence-electron chi connectivity index (χ2n) is 6.15. The largest absolute Gasteiger partial charge is 0.444 e. The lowest BCUT2D eigenvalue weighted by Gasteiger charge is -2.21. The summed E-state index contributed by atoms with van der Waals surface area (Å²) in [5.74, 6) is -1.04. The van der Waals surface area contributed by atoms with Gasteiger partial charge in [-0.1, -0.05) is 30.3 Å². The van der Waals surface area contributed by atoms with Crippen molar-refractivity contribution in [1.29, 1.82) is 0 Å². The average Bonchev–Trinajstić information content (AvgIpc) is 3.09. The highest BCUT2D eigenvalue weighted by Gasteiger charge is 2.41. The van der Waals surface area contributed by atoms with E-state index in [1.807, 2.05) is 6.07 Å². The summed E-state index contributed by atoms with van der Waals surface area (Å²) in [6.07, 6.45) is -0.646. The molecular weight excluding hydrogens is 366 g/mol. The lowest BCUT2D eigenvalue weighted by molar-refractivity contribution is -0.384.